The van der Waals surface area contributed by atoms with Crippen LogP contribution in [-0.4, -0.2) is 24.5 Å². The maximum atomic E-state index is 12.0. The number of urea groups is 1. The molecule has 0 heterocycles. The molecular weight excluding hydrogens is 314 g/mol. The quantitative estimate of drug-likeness (QED) is 0.783. The predicted molar refractivity (Wildman–Crippen MR) is 99.3 cm³/mol. The molecule has 3 amide bonds. The number of amides is 3. The van der Waals surface area contributed by atoms with E-state index in [2.05, 4.69) is 40.2 Å². The van der Waals surface area contributed by atoms with Crippen molar-refractivity contribution in [3.05, 3.63) is 48.0 Å². The Morgan fingerprint density at radius 3 is 2.60 bits per heavy atom. The fourth-order valence-corrected chi connectivity index (χ4v) is 3.45. The molecule has 2 aromatic carbocycles. The number of fused-ring (bicyclic) bond motifs is 1. The number of imide groups is 1. The number of hydrogen-bond acceptors (Lipinski definition) is 3. The number of rotatable bonds is 5. The number of carbonyl (C=O) groups excluding carboxylic acids is 2. The average molecular weight is 339 g/mol. The molecule has 1 aliphatic rings. The summed E-state index contributed by atoms with van der Waals surface area (Å²) in [7, 11) is 0. The zero-order chi connectivity index (χ0) is 17.6. The van der Waals surface area contributed by atoms with E-state index in [4.69, 9.17) is 0 Å². The van der Waals surface area contributed by atoms with Gasteiger partial charge in [0.1, 0.15) is 0 Å². The predicted octanol–water partition coefficient (Wildman–Crippen LogP) is 3.26. The first-order chi connectivity index (χ1) is 12.1. The Kier molecular flexibility index (Phi) is 5.66. The van der Waals surface area contributed by atoms with E-state index in [0.29, 0.717) is 0 Å². The third-order valence-electron chi connectivity index (χ3n) is 4.80. The summed E-state index contributed by atoms with van der Waals surface area (Å²) >= 11 is 0. The van der Waals surface area contributed by atoms with Gasteiger partial charge in [-0.2, -0.15) is 0 Å². The van der Waals surface area contributed by atoms with Crippen LogP contribution < -0.4 is 16.0 Å². The first-order valence-corrected chi connectivity index (χ1v) is 8.95. The topological polar surface area (TPSA) is 70.2 Å². The highest BCUT2D eigenvalue weighted by molar-refractivity contribution is 5.95. The average Bonchev–Trinajstić information content (AvgIpc) is 3.12. The normalized spacial score (nSPS) is 15.9. The van der Waals surface area contributed by atoms with E-state index in [-0.39, 0.29) is 24.5 Å². The summed E-state index contributed by atoms with van der Waals surface area (Å²) < 4.78 is 0. The summed E-state index contributed by atoms with van der Waals surface area (Å²) in [4.78, 5) is 23.8. The Bertz CT molecular complexity index is 748. The van der Waals surface area contributed by atoms with Crippen LogP contribution in [0.15, 0.2) is 42.5 Å². The van der Waals surface area contributed by atoms with Gasteiger partial charge in [-0.1, -0.05) is 55.3 Å². The van der Waals surface area contributed by atoms with Gasteiger partial charge in [-0.05, 0) is 36.1 Å². The second-order valence-electron chi connectivity index (χ2n) is 6.67. The van der Waals surface area contributed by atoms with E-state index >= 15 is 0 Å². The van der Waals surface area contributed by atoms with Crippen LogP contribution in [0.1, 0.15) is 44.2 Å². The molecule has 1 saturated carbocycles. The van der Waals surface area contributed by atoms with Gasteiger partial charge < -0.3 is 10.6 Å². The van der Waals surface area contributed by atoms with Gasteiger partial charge in [-0.15, -0.1) is 0 Å². The SMILES string of the molecule is C[C@@H](NCC(=O)NC(=O)NC1CCCC1)c1cccc2ccccc12. The van der Waals surface area contributed by atoms with Crippen molar-refractivity contribution in [3.8, 4) is 0 Å². The first-order valence-electron chi connectivity index (χ1n) is 8.95. The van der Waals surface area contributed by atoms with E-state index in [9.17, 15) is 9.59 Å². The molecule has 1 atom stereocenters. The van der Waals surface area contributed by atoms with Crippen LogP contribution in [0.2, 0.25) is 0 Å². The Morgan fingerprint density at radius 2 is 1.80 bits per heavy atom. The zero-order valence-corrected chi connectivity index (χ0v) is 14.5. The standard InChI is InChI=1S/C20H25N3O2/c1-14(17-12-6-8-15-7-2-5-11-18(15)17)21-13-19(24)23-20(25)22-16-9-3-4-10-16/h2,5-8,11-12,14,16,21H,3-4,9-10,13H2,1H3,(H2,22,23,24,25)/t14-/m1/s1. The van der Waals surface area contributed by atoms with Gasteiger partial charge in [0.25, 0.3) is 0 Å². The zero-order valence-electron chi connectivity index (χ0n) is 14.5. The van der Waals surface area contributed by atoms with Gasteiger partial charge in [0.05, 0.1) is 6.54 Å². The van der Waals surface area contributed by atoms with Gasteiger partial charge >= 0.3 is 6.03 Å². The molecule has 0 bridgehead atoms. The maximum absolute atomic E-state index is 12.0. The summed E-state index contributed by atoms with van der Waals surface area (Å²) in [6.07, 6.45) is 4.28. The third kappa shape index (κ3) is 4.57. The molecule has 5 nitrogen and oxygen atoms in total. The highest BCUT2D eigenvalue weighted by Gasteiger charge is 2.18. The molecule has 5 heteroatoms. The molecular formula is C20H25N3O2. The van der Waals surface area contributed by atoms with E-state index in [0.717, 1.165) is 31.2 Å². The highest BCUT2D eigenvalue weighted by Crippen LogP contribution is 2.23. The maximum Gasteiger partial charge on any atom is 0.321 e. The van der Waals surface area contributed by atoms with Crippen molar-refractivity contribution >= 4 is 22.7 Å². The lowest BCUT2D eigenvalue weighted by Crippen LogP contribution is -2.46. The van der Waals surface area contributed by atoms with Crippen LogP contribution in [0.3, 0.4) is 0 Å². The van der Waals surface area contributed by atoms with E-state index < -0.39 is 6.03 Å². The van der Waals surface area contributed by atoms with Crippen molar-refractivity contribution in [3.63, 3.8) is 0 Å². The van der Waals surface area contributed by atoms with Crippen molar-refractivity contribution in [2.45, 2.75) is 44.7 Å². The van der Waals surface area contributed by atoms with Crippen LogP contribution in [0.25, 0.3) is 10.8 Å². The number of carbonyl (C=O) groups is 2. The lowest BCUT2D eigenvalue weighted by atomic mass is 10.00. The lowest BCUT2D eigenvalue weighted by molar-refractivity contribution is -0.119. The monoisotopic (exact) mass is 339 g/mol. The van der Waals surface area contributed by atoms with Gasteiger partial charge in [0, 0.05) is 12.1 Å². The Morgan fingerprint density at radius 1 is 1.08 bits per heavy atom. The molecule has 2 aromatic rings. The van der Waals surface area contributed by atoms with Gasteiger partial charge in [-0.25, -0.2) is 4.79 Å². The molecule has 1 fully saturated rings. The van der Waals surface area contributed by atoms with Gasteiger partial charge in [0.2, 0.25) is 5.91 Å². The molecule has 0 saturated heterocycles. The molecule has 0 aromatic heterocycles. The van der Waals surface area contributed by atoms with Crippen molar-refractivity contribution in [1.82, 2.24) is 16.0 Å². The van der Waals surface area contributed by atoms with E-state index in [1.807, 2.05) is 25.1 Å². The second kappa shape index (κ2) is 8.12. The molecule has 3 rings (SSSR count). The lowest BCUT2D eigenvalue weighted by Gasteiger charge is -2.17. The van der Waals surface area contributed by atoms with Crippen molar-refractivity contribution in [1.29, 1.82) is 0 Å². The van der Waals surface area contributed by atoms with Crippen LogP contribution in [0.4, 0.5) is 4.79 Å². The van der Waals surface area contributed by atoms with Crippen LogP contribution in [-0.2, 0) is 4.79 Å². The molecule has 132 valence electrons. The number of nitrogens with one attached hydrogen (secondary N) is 3. The summed E-state index contributed by atoms with van der Waals surface area (Å²) in [5.74, 6) is -0.317. The minimum absolute atomic E-state index is 0.00902. The third-order valence-corrected chi connectivity index (χ3v) is 4.80. The smallest absolute Gasteiger partial charge is 0.321 e. The Labute approximate surface area is 148 Å². The number of hydrogen-bond donors (Lipinski definition) is 3. The molecule has 0 spiro atoms. The molecule has 3 N–H and O–H groups in total. The largest absolute Gasteiger partial charge is 0.335 e. The van der Waals surface area contributed by atoms with E-state index in [1.165, 1.54) is 10.8 Å². The summed E-state index contributed by atoms with van der Waals surface area (Å²) in [6, 6.07) is 14.2. The van der Waals surface area contributed by atoms with Gasteiger partial charge in [0.15, 0.2) is 0 Å². The Balaban J connectivity index is 1.51. The van der Waals surface area contributed by atoms with Crippen molar-refractivity contribution in [2.24, 2.45) is 0 Å². The van der Waals surface area contributed by atoms with Crippen molar-refractivity contribution in [2.75, 3.05) is 6.54 Å². The molecule has 0 radical (unpaired) electrons. The Hall–Kier alpha value is -2.40. The highest BCUT2D eigenvalue weighted by atomic mass is 16.2. The van der Waals surface area contributed by atoms with Gasteiger partial charge in [-0.3, -0.25) is 10.1 Å². The second-order valence-corrected chi connectivity index (χ2v) is 6.67. The molecule has 0 unspecified atom stereocenters. The van der Waals surface area contributed by atoms with Crippen LogP contribution in [0, 0.1) is 0 Å². The van der Waals surface area contributed by atoms with Crippen LogP contribution in [0.5, 0.6) is 0 Å². The summed E-state index contributed by atoms with van der Waals surface area (Å²) in [6.45, 7) is 2.12. The van der Waals surface area contributed by atoms with Crippen LogP contribution >= 0.6 is 0 Å². The summed E-state index contributed by atoms with van der Waals surface area (Å²) in [5, 5.41) is 10.8. The minimum Gasteiger partial charge on any atom is -0.335 e. The molecule has 1 aliphatic carbocycles. The summed E-state index contributed by atoms with van der Waals surface area (Å²) in [5.41, 5.74) is 1.14. The van der Waals surface area contributed by atoms with E-state index in [1.54, 1.807) is 0 Å². The fraction of sp³-hybridized carbons (Fsp3) is 0.400. The first kappa shape index (κ1) is 17.4. The number of benzene rings is 2. The molecule has 0 aliphatic heterocycles. The van der Waals surface area contributed by atoms with Crippen molar-refractivity contribution < 1.29 is 9.59 Å². The molecule has 25 heavy (non-hydrogen) atoms. The fourth-order valence-electron chi connectivity index (χ4n) is 3.45. The minimum atomic E-state index is -0.392.